The summed E-state index contributed by atoms with van der Waals surface area (Å²) >= 11 is 0. The van der Waals surface area contributed by atoms with E-state index in [9.17, 15) is 14.0 Å². The smallest absolute Gasteiger partial charge is 0.340 e. The molecule has 1 aliphatic heterocycles. The van der Waals surface area contributed by atoms with E-state index in [1.165, 1.54) is 0 Å². The van der Waals surface area contributed by atoms with E-state index < -0.39 is 21.1 Å². The highest BCUT2D eigenvalue weighted by Crippen LogP contribution is 2.56. The van der Waals surface area contributed by atoms with Crippen molar-refractivity contribution in [3.63, 3.8) is 0 Å². The molecule has 0 aromatic carbocycles. The fourth-order valence-corrected chi connectivity index (χ4v) is 4.58. The van der Waals surface area contributed by atoms with Gasteiger partial charge in [0.25, 0.3) is 0 Å². The molecule has 1 spiro atoms. The minimum absolute atomic E-state index is 0.0310. The largest absolute Gasteiger partial charge is 0.369 e. The zero-order valence-electron chi connectivity index (χ0n) is 9.19. The lowest BCUT2D eigenvalue weighted by Gasteiger charge is -2.16. The summed E-state index contributed by atoms with van der Waals surface area (Å²) in [6.07, 6.45) is 3.48. The molecular weight excluding hydrogens is 270 g/mol. The van der Waals surface area contributed by atoms with Gasteiger partial charge in [0, 0.05) is 0 Å². The first-order valence-electron chi connectivity index (χ1n) is 5.39. The van der Waals surface area contributed by atoms with Gasteiger partial charge in [-0.25, -0.2) is 0 Å². The van der Waals surface area contributed by atoms with Gasteiger partial charge in [-0.05, 0) is 25.7 Å². The Morgan fingerprint density at radius 1 is 1.24 bits per heavy atom. The van der Waals surface area contributed by atoms with Gasteiger partial charge >= 0.3 is 15.2 Å². The van der Waals surface area contributed by atoms with Crippen LogP contribution in [0.2, 0.25) is 0 Å². The Morgan fingerprint density at radius 2 is 1.88 bits per heavy atom. The molecule has 17 heavy (non-hydrogen) atoms. The fourth-order valence-electron chi connectivity index (χ4n) is 1.99. The van der Waals surface area contributed by atoms with Gasteiger partial charge in [-0.2, -0.15) is 0 Å². The topological polar surface area (TPSA) is 113 Å². The summed E-state index contributed by atoms with van der Waals surface area (Å²) in [6, 6.07) is 0. The zero-order chi connectivity index (χ0) is 12.7. The molecule has 1 saturated heterocycles. The van der Waals surface area contributed by atoms with Crippen LogP contribution in [-0.4, -0.2) is 38.9 Å². The summed E-state index contributed by atoms with van der Waals surface area (Å²) < 4.78 is 32.3. The standard InChI is InChI=1S/C8H16O7P2/c9-16(10,11)6-17(12,13)14-5-7-1-2-8(15-7)3-4-8/h7H,1-6H2,(H,12,13)(H2,9,10,11)/t7-/m0/s1. The average Bonchev–Trinajstić information content (AvgIpc) is 2.71. The fraction of sp³-hybridized carbons (Fsp3) is 1.00. The molecule has 2 fully saturated rings. The molecule has 100 valence electrons. The highest BCUT2D eigenvalue weighted by Gasteiger charge is 2.50. The molecule has 2 atom stereocenters. The highest BCUT2D eigenvalue weighted by atomic mass is 31.2. The van der Waals surface area contributed by atoms with Crippen LogP contribution in [0.15, 0.2) is 0 Å². The van der Waals surface area contributed by atoms with Gasteiger partial charge in [0.2, 0.25) is 0 Å². The van der Waals surface area contributed by atoms with Crippen molar-refractivity contribution in [2.45, 2.75) is 37.4 Å². The Kier molecular flexibility index (Phi) is 3.56. The average molecular weight is 286 g/mol. The van der Waals surface area contributed by atoms with Crippen LogP contribution in [0.1, 0.15) is 25.7 Å². The molecule has 0 aromatic heterocycles. The third-order valence-electron chi connectivity index (χ3n) is 2.97. The third-order valence-corrected chi connectivity index (χ3v) is 6.43. The minimum Gasteiger partial charge on any atom is -0.369 e. The van der Waals surface area contributed by atoms with Crippen molar-refractivity contribution in [3.05, 3.63) is 0 Å². The maximum atomic E-state index is 11.3. The molecule has 7 nitrogen and oxygen atoms in total. The van der Waals surface area contributed by atoms with Crippen LogP contribution < -0.4 is 0 Å². The molecule has 0 radical (unpaired) electrons. The van der Waals surface area contributed by atoms with E-state index in [2.05, 4.69) is 0 Å². The van der Waals surface area contributed by atoms with Gasteiger partial charge in [0.1, 0.15) is 0 Å². The van der Waals surface area contributed by atoms with Crippen molar-refractivity contribution in [3.8, 4) is 0 Å². The number of ether oxygens (including phenoxy) is 1. The van der Waals surface area contributed by atoms with E-state index in [0.717, 1.165) is 25.7 Å². The molecule has 0 aromatic rings. The quantitative estimate of drug-likeness (QED) is 0.647. The van der Waals surface area contributed by atoms with E-state index in [1.54, 1.807) is 0 Å². The van der Waals surface area contributed by atoms with Crippen LogP contribution >= 0.6 is 15.2 Å². The molecular formula is C8H16O7P2. The van der Waals surface area contributed by atoms with Gasteiger partial charge in [0.15, 0.2) is 5.90 Å². The third kappa shape index (κ3) is 4.14. The second-order valence-corrected chi connectivity index (χ2v) is 8.69. The first kappa shape index (κ1) is 13.7. The highest BCUT2D eigenvalue weighted by molar-refractivity contribution is 7.70. The van der Waals surface area contributed by atoms with Crippen molar-refractivity contribution in [2.75, 3.05) is 12.5 Å². The Balaban J connectivity index is 1.77. The van der Waals surface area contributed by atoms with Crippen LogP contribution in [0.5, 0.6) is 0 Å². The molecule has 2 aliphatic rings. The Labute approximate surface area is 98.8 Å². The number of rotatable bonds is 5. The zero-order valence-corrected chi connectivity index (χ0v) is 11.0. The second kappa shape index (κ2) is 4.42. The monoisotopic (exact) mass is 286 g/mol. The normalized spacial score (nSPS) is 30.4. The molecule has 1 saturated carbocycles. The minimum atomic E-state index is -4.54. The van der Waals surface area contributed by atoms with E-state index in [-0.39, 0.29) is 18.3 Å². The lowest BCUT2D eigenvalue weighted by Crippen LogP contribution is -2.17. The Morgan fingerprint density at radius 3 is 2.35 bits per heavy atom. The van der Waals surface area contributed by atoms with Gasteiger partial charge in [-0.3, -0.25) is 9.13 Å². The molecule has 9 heteroatoms. The van der Waals surface area contributed by atoms with Gasteiger partial charge in [-0.1, -0.05) is 0 Å². The molecule has 2 rings (SSSR count). The van der Waals surface area contributed by atoms with E-state index >= 15 is 0 Å². The SMILES string of the molecule is O=P(O)(O)CP(=O)(O)OC[C@@H]1CCC2(CC2)O1. The first-order chi connectivity index (χ1) is 7.70. The van der Waals surface area contributed by atoms with Crippen LogP contribution in [0, 0.1) is 0 Å². The molecule has 1 unspecified atom stereocenters. The van der Waals surface area contributed by atoms with Crippen molar-refractivity contribution in [1.29, 1.82) is 0 Å². The predicted molar refractivity (Wildman–Crippen MR) is 58.8 cm³/mol. The Bertz CT molecular complexity index is 385. The lowest BCUT2D eigenvalue weighted by atomic mass is 10.2. The predicted octanol–water partition coefficient (Wildman–Crippen LogP) is 1.04. The van der Waals surface area contributed by atoms with Gasteiger partial charge < -0.3 is 23.9 Å². The number of hydrogen-bond acceptors (Lipinski definition) is 4. The van der Waals surface area contributed by atoms with Crippen molar-refractivity contribution >= 4 is 15.2 Å². The van der Waals surface area contributed by atoms with E-state index in [1.807, 2.05) is 0 Å². The van der Waals surface area contributed by atoms with Crippen LogP contribution in [-0.2, 0) is 18.4 Å². The summed E-state index contributed by atoms with van der Waals surface area (Å²) in [6.45, 7) is -0.0878. The van der Waals surface area contributed by atoms with Crippen LogP contribution in [0.3, 0.4) is 0 Å². The molecule has 1 aliphatic carbocycles. The van der Waals surface area contributed by atoms with Gasteiger partial charge in [-0.15, -0.1) is 0 Å². The summed E-state index contributed by atoms with van der Waals surface area (Å²) in [5.41, 5.74) is -0.0310. The van der Waals surface area contributed by atoms with E-state index in [4.69, 9.17) is 19.0 Å². The lowest BCUT2D eigenvalue weighted by molar-refractivity contribution is 0.00185. The van der Waals surface area contributed by atoms with E-state index in [0.29, 0.717) is 0 Å². The molecule has 0 amide bonds. The second-order valence-electron chi connectivity index (χ2n) is 4.70. The van der Waals surface area contributed by atoms with Crippen molar-refractivity contribution in [2.24, 2.45) is 0 Å². The number of hydrogen-bond donors (Lipinski definition) is 3. The summed E-state index contributed by atoms with van der Waals surface area (Å²) in [5, 5.41) is 0. The Hall–Kier alpha value is 0.260. The summed E-state index contributed by atoms with van der Waals surface area (Å²) in [5.74, 6) is -1.14. The summed E-state index contributed by atoms with van der Waals surface area (Å²) in [7, 11) is -8.77. The summed E-state index contributed by atoms with van der Waals surface area (Å²) in [4.78, 5) is 26.5. The van der Waals surface area contributed by atoms with Crippen LogP contribution in [0.25, 0.3) is 0 Å². The van der Waals surface area contributed by atoms with Crippen molar-refractivity contribution in [1.82, 2.24) is 0 Å². The molecule has 3 N–H and O–H groups in total. The maximum Gasteiger partial charge on any atom is 0.340 e. The van der Waals surface area contributed by atoms with Crippen LogP contribution in [0.4, 0.5) is 0 Å². The molecule has 1 heterocycles. The van der Waals surface area contributed by atoms with Crippen molar-refractivity contribution < 1.29 is 33.1 Å². The first-order valence-corrected chi connectivity index (χ1v) is 8.95. The van der Waals surface area contributed by atoms with Gasteiger partial charge in [0.05, 0.1) is 18.3 Å². The molecule has 0 bridgehead atoms. The maximum absolute atomic E-state index is 11.3.